The van der Waals surface area contributed by atoms with Crippen LogP contribution in [0.3, 0.4) is 0 Å². The Labute approximate surface area is 258 Å². The fourth-order valence-electron chi connectivity index (χ4n) is 6.59. The number of unbranched alkanes of at least 4 members (excludes halogenated alkanes) is 1. The highest BCUT2D eigenvalue weighted by molar-refractivity contribution is 6.23. The Morgan fingerprint density at radius 3 is 2.27 bits per heavy atom. The van der Waals surface area contributed by atoms with Crippen molar-refractivity contribution >= 4 is 29.7 Å². The minimum absolute atomic E-state index is 0.0602. The molecule has 44 heavy (non-hydrogen) atoms. The van der Waals surface area contributed by atoms with Crippen molar-refractivity contribution in [2.24, 2.45) is 5.92 Å². The van der Waals surface area contributed by atoms with Crippen molar-refractivity contribution in [3.8, 4) is 11.5 Å². The number of amides is 5. The summed E-state index contributed by atoms with van der Waals surface area (Å²) >= 11 is 0. The summed E-state index contributed by atoms with van der Waals surface area (Å²) in [5.41, 5.74) is 0.317. The predicted molar refractivity (Wildman–Crippen MR) is 159 cm³/mol. The first kappa shape index (κ1) is 31.7. The summed E-state index contributed by atoms with van der Waals surface area (Å²) < 4.78 is 17.2. The summed E-state index contributed by atoms with van der Waals surface area (Å²) in [6.07, 6.45) is 5.30. The van der Waals surface area contributed by atoms with Gasteiger partial charge in [0.15, 0.2) is 11.5 Å². The number of carbonyl (C=O) groups is 5. The van der Waals surface area contributed by atoms with E-state index < -0.39 is 29.7 Å². The maximum atomic E-state index is 13.3. The van der Waals surface area contributed by atoms with E-state index in [2.05, 4.69) is 31.0 Å². The lowest BCUT2D eigenvalue weighted by atomic mass is 9.85. The molecule has 5 amide bonds. The van der Waals surface area contributed by atoms with Crippen LogP contribution in [0.4, 0.5) is 4.79 Å². The molecule has 0 spiro atoms. The minimum Gasteiger partial charge on any atom is -0.493 e. The molecule has 1 saturated carbocycles. The Morgan fingerprint density at radius 2 is 1.68 bits per heavy atom. The number of methoxy groups -OCH3 is 1. The van der Waals surface area contributed by atoms with Crippen LogP contribution in [0.2, 0.25) is 0 Å². The van der Waals surface area contributed by atoms with E-state index in [0.29, 0.717) is 36.1 Å². The van der Waals surface area contributed by atoms with Crippen LogP contribution in [0.1, 0.15) is 92.9 Å². The van der Waals surface area contributed by atoms with Crippen LogP contribution in [0.15, 0.2) is 12.1 Å². The summed E-state index contributed by atoms with van der Waals surface area (Å²) in [6.45, 7) is 9.36. The van der Waals surface area contributed by atoms with Gasteiger partial charge in [-0.2, -0.15) is 0 Å². The van der Waals surface area contributed by atoms with E-state index in [4.69, 9.17) is 14.2 Å². The molecule has 3 fully saturated rings. The number of benzene rings is 1. The van der Waals surface area contributed by atoms with Gasteiger partial charge in [0.05, 0.1) is 24.8 Å². The molecule has 1 aliphatic carbocycles. The Kier molecular flexibility index (Phi) is 9.77. The van der Waals surface area contributed by atoms with Gasteiger partial charge in [0, 0.05) is 51.0 Å². The van der Waals surface area contributed by atoms with E-state index in [-0.39, 0.29) is 36.2 Å². The third kappa shape index (κ3) is 6.55. The lowest BCUT2D eigenvalue weighted by Crippen LogP contribution is -2.54. The number of piperidine rings is 2. The number of likely N-dealkylation sites (tertiary alicyclic amines) is 1. The Morgan fingerprint density at radius 1 is 1.02 bits per heavy atom. The standard InChI is InChI=1S/C32H44N4O8/c1-5-6-13-43-32(41)34-11-9-20(10-12-34)18-35(19(2)3)21-14-22(15-21)44-27-17-24-23(16-26(27)42-4)30(39)36(31(24)40)25-7-8-28(37)33-29(25)38/h16-17,19-22,25H,5-15,18H2,1-4H3,(H,33,37,38). The lowest BCUT2D eigenvalue weighted by molar-refractivity contribution is -0.136. The van der Waals surface area contributed by atoms with Crippen LogP contribution in [-0.4, -0.2) is 102 Å². The van der Waals surface area contributed by atoms with Gasteiger partial charge in [0.1, 0.15) is 12.1 Å². The molecule has 12 nitrogen and oxygen atoms in total. The molecule has 0 bridgehead atoms. The zero-order valence-electron chi connectivity index (χ0n) is 26.1. The number of rotatable bonds is 11. The third-order valence-corrected chi connectivity index (χ3v) is 9.29. The van der Waals surface area contributed by atoms with Gasteiger partial charge in [-0.15, -0.1) is 0 Å². The van der Waals surface area contributed by atoms with Crippen molar-refractivity contribution in [2.45, 2.75) is 96.4 Å². The minimum atomic E-state index is -1.03. The first-order valence-corrected chi connectivity index (χ1v) is 15.9. The van der Waals surface area contributed by atoms with Crippen LogP contribution in [0.5, 0.6) is 11.5 Å². The fourth-order valence-corrected chi connectivity index (χ4v) is 6.59. The predicted octanol–water partition coefficient (Wildman–Crippen LogP) is 3.37. The number of nitrogens with one attached hydrogen (secondary N) is 1. The second kappa shape index (κ2) is 13.5. The van der Waals surface area contributed by atoms with Gasteiger partial charge < -0.3 is 19.1 Å². The summed E-state index contributed by atoms with van der Waals surface area (Å²) in [4.78, 5) is 68.1. The number of imide groups is 2. The van der Waals surface area contributed by atoms with E-state index in [1.807, 2.05) is 4.90 Å². The van der Waals surface area contributed by atoms with Gasteiger partial charge in [-0.1, -0.05) is 13.3 Å². The zero-order valence-corrected chi connectivity index (χ0v) is 26.1. The topological polar surface area (TPSA) is 135 Å². The van der Waals surface area contributed by atoms with Crippen molar-refractivity contribution in [3.63, 3.8) is 0 Å². The monoisotopic (exact) mass is 612 g/mol. The average molecular weight is 613 g/mol. The Bertz CT molecular complexity index is 1290. The molecule has 240 valence electrons. The molecule has 1 atom stereocenters. The van der Waals surface area contributed by atoms with Crippen molar-refractivity contribution < 1.29 is 38.2 Å². The third-order valence-electron chi connectivity index (χ3n) is 9.29. The van der Waals surface area contributed by atoms with E-state index in [0.717, 1.165) is 63.1 Å². The number of hydrogen-bond acceptors (Lipinski definition) is 9. The molecule has 2 saturated heterocycles. The average Bonchev–Trinajstić information content (AvgIpc) is 3.21. The van der Waals surface area contributed by atoms with Crippen LogP contribution < -0.4 is 14.8 Å². The van der Waals surface area contributed by atoms with E-state index in [1.165, 1.54) is 19.2 Å². The molecule has 1 unspecified atom stereocenters. The molecule has 0 radical (unpaired) electrons. The highest BCUT2D eigenvalue weighted by Gasteiger charge is 2.46. The number of ether oxygens (including phenoxy) is 3. The number of carbonyl (C=O) groups excluding carboxylic acids is 5. The summed E-state index contributed by atoms with van der Waals surface area (Å²) in [7, 11) is 1.48. The maximum Gasteiger partial charge on any atom is 0.409 e. The molecule has 5 rings (SSSR count). The van der Waals surface area contributed by atoms with Crippen molar-refractivity contribution in [1.29, 1.82) is 0 Å². The van der Waals surface area contributed by atoms with Crippen LogP contribution >= 0.6 is 0 Å². The SMILES string of the molecule is CCCCOC(=O)N1CCC(CN(C(C)C)C2CC(Oc3cc4c(cc3OC)C(=O)N(C3CCC(=O)NC3=O)C4=O)C2)CC1. The van der Waals surface area contributed by atoms with Crippen molar-refractivity contribution in [3.05, 3.63) is 23.3 Å². The van der Waals surface area contributed by atoms with Gasteiger partial charge >= 0.3 is 6.09 Å². The smallest absolute Gasteiger partial charge is 0.409 e. The van der Waals surface area contributed by atoms with Crippen LogP contribution in [0.25, 0.3) is 0 Å². The molecule has 1 aromatic rings. The van der Waals surface area contributed by atoms with Gasteiger partial charge in [-0.25, -0.2) is 4.79 Å². The highest BCUT2D eigenvalue weighted by atomic mass is 16.6. The number of nitrogens with zero attached hydrogens (tertiary/aromatic N) is 3. The number of hydrogen-bond donors (Lipinski definition) is 1. The van der Waals surface area contributed by atoms with Gasteiger partial charge in [0.2, 0.25) is 11.8 Å². The molecule has 4 aliphatic rings. The van der Waals surface area contributed by atoms with Crippen LogP contribution in [0, 0.1) is 5.92 Å². The highest BCUT2D eigenvalue weighted by Crippen LogP contribution is 2.40. The van der Waals surface area contributed by atoms with E-state index >= 15 is 0 Å². The lowest BCUT2D eigenvalue weighted by Gasteiger charge is -2.46. The maximum absolute atomic E-state index is 13.3. The molecular weight excluding hydrogens is 568 g/mol. The largest absolute Gasteiger partial charge is 0.493 e. The molecule has 0 aromatic heterocycles. The first-order chi connectivity index (χ1) is 21.1. The molecule has 1 aromatic carbocycles. The van der Waals surface area contributed by atoms with Gasteiger partial charge in [0.25, 0.3) is 11.8 Å². The summed E-state index contributed by atoms with van der Waals surface area (Å²) in [6, 6.07) is 2.71. The van der Waals surface area contributed by atoms with Crippen molar-refractivity contribution in [1.82, 2.24) is 20.0 Å². The normalized spacial score (nSPS) is 24.0. The molecule has 1 N–H and O–H groups in total. The van der Waals surface area contributed by atoms with E-state index in [9.17, 15) is 24.0 Å². The summed E-state index contributed by atoms with van der Waals surface area (Å²) in [5, 5.41) is 2.21. The second-order valence-corrected chi connectivity index (χ2v) is 12.5. The molecule has 3 aliphatic heterocycles. The number of fused-ring (bicyclic) bond motifs is 1. The van der Waals surface area contributed by atoms with Gasteiger partial charge in [-0.05, 0) is 57.6 Å². The molecule has 12 heteroatoms. The van der Waals surface area contributed by atoms with E-state index in [1.54, 1.807) is 0 Å². The Balaban J connectivity index is 1.17. The van der Waals surface area contributed by atoms with Crippen molar-refractivity contribution in [2.75, 3.05) is 33.4 Å². The first-order valence-electron chi connectivity index (χ1n) is 15.9. The fraction of sp³-hybridized carbons (Fsp3) is 0.656. The second-order valence-electron chi connectivity index (χ2n) is 12.5. The quantitative estimate of drug-likeness (QED) is 0.295. The Hall–Kier alpha value is -3.67. The summed E-state index contributed by atoms with van der Waals surface area (Å²) in [5.74, 6) is -0.992. The molecule has 3 heterocycles. The zero-order chi connectivity index (χ0) is 31.5. The van der Waals surface area contributed by atoms with Gasteiger partial charge in [-0.3, -0.25) is 34.3 Å². The molecular formula is C32H44N4O8. The van der Waals surface area contributed by atoms with Crippen LogP contribution in [-0.2, 0) is 14.3 Å².